The van der Waals surface area contributed by atoms with Gasteiger partial charge in [0.15, 0.2) is 17.3 Å². The van der Waals surface area contributed by atoms with Crippen LogP contribution in [-0.4, -0.2) is 30.9 Å². The molecule has 0 saturated heterocycles. The molecule has 33 heavy (non-hydrogen) atoms. The van der Waals surface area contributed by atoms with Crippen molar-refractivity contribution in [2.45, 2.75) is 20.8 Å². The van der Waals surface area contributed by atoms with Crippen molar-refractivity contribution in [3.8, 4) is 23.3 Å². The van der Waals surface area contributed by atoms with Gasteiger partial charge in [-0.3, -0.25) is 4.79 Å². The maximum atomic E-state index is 12.4. The summed E-state index contributed by atoms with van der Waals surface area (Å²) in [5, 5.41) is 15.7. The number of nitrogens with one attached hydrogen (secondary N) is 1. The summed E-state index contributed by atoms with van der Waals surface area (Å²) in [6, 6.07) is 16.5. The van der Waals surface area contributed by atoms with Gasteiger partial charge in [-0.25, -0.2) is 0 Å². The fraction of sp³-hybridized carbons (Fsp3) is 0.240. The molecule has 8 heteroatoms. The molecule has 170 valence electrons. The van der Waals surface area contributed by atoms with Crippen molar-refractivity contribution in [3.05, 3.63) is 71.0 Å². The summed E-state index contributed by atoms with van der Waals surface area (Å²) in [5.41, 5.74) is 1.65. The molecule has 0 saturated carbocycles. The van der Waals surface area contributed by atoms with Crippen LogP contribution >= 0.6 is 0 Å². The second-order valence-corrected chi connectivity index (χ2v) is 7.10. The van der Waals surface area contributed by atoms with Gasteiger partial charge < -0.3 is 24.1 Å². The maximum absolute atomic E-state index is 12.4. The minimum atomic E-state index is -0.586. The van der Waals surface area contributed by atoms with Crippen LogP contribution in [0, 0.1) is 25.2 Å². The van der Waals surface area contributed by atoms with Crippen LogP contribution in [0.5, 0.6) is 17.2 Å². The number of benzene rings is 2. The van der Waals surface area contributed by atoms with Crippen LogP contribution in [0.15, 0.2) is 58.6 Å². The lowest BCUT2D eigenvalue weighted by Crippen LogP contribution is -2.13. The fourth-order valence-corrected chi connectivity index (χ4v) is 2.94. The number of anilines is 1. The van der Waals surface area contributed by atoms with Gasteiger partial charge in [-0.15, -0.1) is 0 Å². The number of carbonyl (C=O) groups is 1. The molecule has 0 spiro atoms. The van der Waals surface area contributed by atoms with Crippen molar-refractivity contribution < 1.29 is 23.5 Å². The van der Waals surface area contributed by atoms with E-state index in [9.17, 15) is 10.1 Å². The van der Waals surface area contributed by atoms with Gasteiger partial charge in [-0.2, -0.15) is 5.26 Å². The Labute approximate surface area is 192 Å². The van der Waals surface area contributed by atoms with Crippen molar-refractivity contribution in [2.75, 3.05) is 25.1 Å². The smallest absolute Gasteiger partial charge is 0.267 e. The highest BCUT2D eigenvalue weighted by molar-refractivity contribution is 6.09. The van der Waals surface area contributed by atoms with Gasteiger partial charge in [0.05, 0.1) is 6.61 Å². The molecule has 1 N–H and O–H groups in total. The van der Waals surface area contributed by atoms with Crippen molar-refractivity contribution in [3.63, 3.8) is 0 Å². The molecule has 0 fully saturated rings. The normalized spacial score (nSPS) is 10.9. The Bertz CT molecular complexity index is 1180. The number of hydrogen-bond donors (Lipinski definition) is 1. The van der Waals surface area contributed by atoms with E-state index in [0.717, 1.165) is 11.3 Å². The molecule has 0 aliphatic heterocycles. The zero-order valence-corrected chi connectivity index (χ0v) is 18.8. The van der Waals surface area contributed by atoms with Gasteiger partial charge >= 0.3 is 0 Å². The molecule has 0 aliphatic carbocycles. The molecule has 0 radical (unpaired) electrons. The summed E-state index contributed by atoms with van der Waals surface area (Å²) >= 11 is 0. The lowest BCUT2D eigenvalue weighted by molar-refractivity contribution is -0.112. The van der Waals surface area contributed by atoms with Crippen molar-refractivity contribution >= 4 is 17.8 Å². The standard InChI is InChI=1S/C25H25N3O5/c1-4-30-23-15-19(14-20(16-26)25(29)27-24-13-18(3)33-28-24)8-9-22(23)32-11-10-31-21-7-5-6-17(2)12-21/h5-9,12-15H,4,10-11H2,1-3H3,(H,27,28,29). The van der Waals surface area contributed by atoms with Gasteiger partial charge in [-0.05, 0) is 62.2 Å². The average Bonchev–Trinajstić information content (AvgIpc) is 3.20. The Kier molecular flexibility index (Phi) is 8.08. The van der Waals surface area contributed by atoms with Gasteiger partial charge in [0.25, 0.3) is 5.91 Å². The molecule has 1 heterocycles. The first-order chi connectivity index (χ1) is 16.0. The molecule has 1 amide bonds. The molecule has 8 nitrogen and oxygen atoms in total. The zero-order chi connectivity index (χ0) is 23.6. The first kappa shape index (κ1) is 23.4. The summed E-state index contributed by atoms with van der Waals surface area (Å²) in [4.78, 5) is 12.4. The molecule has 3 rings (SSSR count). The number of nitriles is 1. The third-order valence-corrected chi connectivity index (χ3v) is 4.41. The fourth-order valence-electron chi connectivity index (χ4n) is 2.94. The van der Waals surface area contributed by atoms with E-state index in [0.29, 0.717) is 42.6 Å². The number of aryl methyl sites for hydroxylation is 2. The first-order valence-corrected chi connectivity index (χ1v) is 10.4. The molecule has 2 aromatic carbocycles. The Hall–Kier alpha value is -4.25. The van der Waals surface area contributed by atoms with Crippen molar-refractivity contribution in [2.24, 2.45) is 0 Å². The lowest BCUT2D eigenvalue weighted by Gasteiger charge is -2.13. The minimum absolute atomic E-state index is 0.0849. The van der Waals surface area contributed by atoms with Crippen LogP contribution in [0.4, 0.5) is 5.82 Å². The van der Waals surface area contributed by atoms with Gasteiger partial charge in [-0.1, -0.05) is 23.4 Å². The Balaban J connectivity index is 1.66. The number of aromatic nitrogens is 1. The number of carbonyl (C=O) groups excluding carboxylic acids is 1. The third-order valence-electron chi connectivity index (χ3n) is 4.41. The van der Waals surface area contributed by atoms with E-state index in [1.807, 2.05) is 44.2 Å². The summed E-state index contributed by atoms with van der Waals surface area (Å²) in [6.45, 7) is 6.70. The first-order valence-electron chi connectivity index (χ1n) is 10.4. The lowest BCUT2D eigenvalue weighted by atomic mass is 10.1. The number of rotatable bonds is 10. The van der Waals surface area contributed by atoms with Crippen LogP contribution < -0.4 is 19.5 Å². The zero-order valence-electron chi connectivity index (χ0n) is 18.8. The second-order valence-electron chi connectivity index (χ2n) is 7.10. The van der Waals surface area contributed by atoms with Crippen LogP contribution in [0.2, 0.25) is 0 Å². The van der Waals surface area contributed by atoms with Crippen LogP contribution in [-0.2, 0) is 4.79 Å². The molecular weight excluding hydrogens is 422 g/mol. The van der Waals surface area contributed by atoms with E-state index in [1.165, 1.54) is 6.08 Å². The summed E-state index contributed by atoms with van der Waals surface area (Å²) < 4.78 is 22.1. The van der Waals surface area contributed by atoms with E-state index < -0.39 is 5.91 Å². The number of nitrogens with zero attached hydrogens (tertiary/aromatic N) is 2. The van der Waals surface area contributed by atoms with Crippen molar-refractivity contribution in [1.82, 2.24) is 5.16 Å². The Morgan fingerprint density at radius 3 is 2.61 bits per heavy atom. The quantitative estimate of drug-likeness (QED) is 0.273. The van der Waals surface area contributed by atoms with Gasteiger partial charge in [0.2, 0.25) is 0 Å². The number of ether oxygens (including phenoxy) is 3. The highest BCUT2D eigenvalue weighted by atomic mass is 16.5. The molecule has 0 bridgehead atoms. The predicted molar refractivity (Wildman–Crippen MR) is 123 cm³/mol. The second kappa shape index (κ2) is 11.4. The van der Waals surface area contributed by atoms with E-state index in [-0.39, 0.29) is 11.4 Å². The third kappa shape index (κ3) is 6.87. The van der Waals surface area contributed by atoms with E-state index in [4.69, 9.17) is 18.7 Å². The van der Waals surface area contributed by atoms with Crippen molar-refractivity contribution in [1.29, 1.82) is 5.26 Å². The molecule has 1 aromatic heterocycles. The molecule has 0 unspecified atom stereocenters. The molecule has 0 atom stereocenters. The predicted octanol–water partition coefficient (Wildman–Crippen LogP) is 4.69. The minimum Gasteiger partial charge on any atom is -0.490 e. The maximum Gasteiger partial charge on any atom is 0.267 e. The van der Waals surface area contributed by atoms with Crippen LogP contribution in [0.3, 0.4) is 0 Å². The SMILES string of the molecule is CCOc1cc(C=C(C#N)C(=O)Nc2cc(C)on2)ccc1OCCOc1cccc(C)c1. The Morgan fingerprint density at radius 2 is 1.91 bits per heavy atom. The van der Waals surface area contributed by atoms with Crippen LogP contribution in [0.25, 0.3) is 6.08 Å². The van der Waals surface area contributed by atoms with E-state index in [2.05, 4.69) is 10.5 Å². The van der Waals surface area contributed by atoms with Gasteiger partial charge in [0, 0.05) is 6.07 Å². The molecule has 0 aliphatic rings. The largest absolute Gasteiger partial charge is 0.490 e. The van der Waals surface area contributed by atoms with E-state index >= 15 is 0 Å². The van der Waals surface area contributed by atoms with E-state index in [1.54, 1.807) is 31.2 Å². The highest BCUT2D eigenvalue weighted by Gasteiger charge is 2.13. The summed E-state index contributed by atoms with van der Waals surface area (Å²) in [6.07, 6.45) is 1.47. The van der Waals surface area contributed by atoms with Gasteiger partial charge in [0.1, 0.15) is 36.4 Å². The summed E-state index contributed by atoms with van der Waals surface area (Å²) in [5.74, 6) is 2.04. The monoisotopic (exact) mass is 447 g/mol. The Morgan fingerprint density at radius 1 is 1.09 bits per heavy atom. The highest BCUT2D eigenvalue weighted by Crippen LogP contribution is 2.29. The molecule has 3 aromatic rings. The average molecular weight is 447 g/mol. The molecular formula is C25H25N3O5. The van der Waals surface area contributed by atoms with Crippen LogP contribution in [0.1, 0.15) is 23.8 Å². The number of hydrogen-bond acceptors (Lipinski definition) is 7. The number of amides is 1. The topological polar surface area (TPSA) is 107 Å². The summed E-state index contributed by atoms with van der Waals surface area (Å²) in [7, 11) is 0.